The molecule has 0 spiro atoms. The Morgan fingerprint density at radius 2 is 1.93 bits per heavy atom. The first-order valence-electron chi connectivity index (χ1n) is 8.55. The maximum Gasteiger partial charge on any atom is 0.261 e. The number of rotatable bonds is 7. The van der Waals surface area contributed by atoms with E-state index in [4.69, 9.17) is 4.42 Å². The number of nitrogens with one attached hydrogen (secondary N) is 2. The largest absolute Gasteiger partial charge is 0.467 e. The number of fused-ring (bicyclic) bond motifs is 1. The number of carbonyl (C=O) groups is 2. The number of furan rings is 1. The van der Waals surface area contributed by atoms with E-state index in [0.29, 0.717) is 28.9 Å². The smallest absolute Gasteiger partial charge is 0.261 e. The van der Waals surface area contributed by atoms with E-state index in [0.717, 1.165) is 0 Å². The van der Waals surface area contributed by atoms with Crippen molar-refractivity contribution in [2.75, 3.05) is 6.54 Å². The first-order valence-corrected chi connectivity index (χ1v) is 8.55. The summed E-state index contributed by atoms with van der Waals surface area (Å²) >= 11 is 0. The van der Waals surface area contributed by atoms with Crippen LogP contribution in [0.25, 0.3) is 10.9 Å². The number of aromatic nitrogens is 2. The van der Waals surface area contributed by atoms with Gasteiger partial charge in [0, 0.05) is 19.9 Å². The van der Waals surface area contributed by atoms with E-state index >= 15 is 0 Å². The summed E-state index contributed by atoms with van der Waals surface area (Å²) in [5.74, 6) is 0.565. The highest BCUT2D eigenvalue weighted by Crippen LogP contribution is 2.08. The van der Waals surface area contributed by atoms with Crippen LogP contribution in [0.1, 0.15) is 18.0 Å². The van der Waals surface area contributed by atoms with Crippen LogP contribution in [-0.4, -0.2) is 27.9 Å². The highest BCUT2D eigenvalue weighted by atomic mass is 16.3. The van der Waals surface area contributed by atoms with Crippen molar-refractivity contribution < 1.29 is 14.0 Å². The molecule has 2 N–H and O–H groups in total. The minimum absolute atomic E-state index is 0.121. The summed E-state index contributed by atoms with van der Waals surface area (Å²) in [5, 5.41) is 5.75. The molecule has 0 saturated carbocycles. The fourth-order valence-electron chi connectivity index (χ4n) is 2.64. The predicted molar refractivity (Wildman–Crippen MR) is 98.9 cm³/mol. The van der Waals surface area contributed by atoms with Gasteiger partial charge >= 0.3 is 0 Å². The summed E-state index contributed by atoms with van der Waals surface area (Å²) in [4.78, 5) is 40.5. The van der Waals surface area contributed by atoms with E-state index in [-0.39, 0.29) is 36.9 Å². The molecule has 3 aromatic rings. The van der Waals surface area contributed by atoms with Gasteiger partial charge in [-0.05, 0) is 24.3 Å². The molecule has 2 heterocycles. The third-order valence-corrected chi connectivity index (χ3v) is 4.14. The van der Waals surface area contributed by atoms with Gasteiger partial charge in [0.25, 0.3) is 5.56 Å². The number of nitrogens with zero attached hydrogens (tertiary/aromatic N) is 2. The Kier molecular flexibility index (Phi) is 5.65. The Balaban J connectivity index is 1.50. The zero-order valence-electron chi connectivity index (χ0n) is 14.9. The number of benzene rings is 1. The van der Waals surface area contributed by atoms with Crippen molar-refractivity contribution >= 4 is 22.7 Å². The van der Waals surface area contributed by atoms with Crippen molar-refractivity contribution in [2.45, 2.75) is 19.4 Å². The van der Waals surface area contributed by atoms with Crippen molar-refractivity contribution in [3.63, 3.8) is 0 Å². The molecular formula is C19H20N4O4. The maximum atomic E-state index is 12.3. The summed E-state index contributed by atoms with van der Waals surface area (Å²) in [6, 6.07) is 10.6. The predicted octanol–water partition coefficient (Wildman–Crippen LogP) is 0.892. The molecule has 0 bridgehead atoms. The number of carbonyl (C=O) groups excluding carboxylic acids is 2. The van der Waals surface area contributed by atoms with Gasteiger partial charge in [0.2, 0.25) is 11.8 Å². The normalized spacial score (nSPS) is 10.7. The van der Waals surface area contributed by atoms with Gasteiger partial charge in [-0.2, -0.15) is 0 Å². The van der Waals surface area contributed by atoms with E-state index < -0.39 is 0 Å². The van der Waals surface area contributed by atoms with Crippen LogP contribution in [0.2, 0.25) is 0 Å². The Hall–Kier alpha value is -3.42. The van der Waals surface area contributed by atoms with Crippen LogP contribution in [0.3, 0.4) is 0 Å². The molecule has 0 saturated heterocycles. The summed E-state index contributed by atoms with van der Waals surface area (Å²) in [6.45, 7) is 0.147. The third-order valence-electron chi connectivity index (χ3n) is 4.14. The number of amides is 2. The highest BCUT2D eigenvalue weighted by Gasteiger charge is 2.11. The van der Waals surface area contributed by atoms with Gasteiger partial charge in [-0.3, -0.25) is 19.0 Å². The molecule has 3 rings (SSSR count). The summed E-state index contributed by atoms with van der Waals surface area (Å²) in [6.07, 6.45) is 1.96. The number of para-hydroxylation sites is 1. The number of aryl methyl sites for hydroxylation is 1. The summed E-state index contributed by atoms with van der Waals surface area (Å²) < 4.78 is 6.56. The fourth-order valence-corrected chi connectivity index (χ4v) is 2.64. The topological polar surface area (TPSA) is 106 Å². The second kappa shape index (κ2) is 8.31. The van der Waals surface area contributed by atoms with Crippen molar-refractivity contribution in [3.8, 4) is 0 Å². The van der Waals surface area contributed by atoms with Crippen LogP contribution < -0.4 is 16.2 Å². The van der Waals surface area contributed by atoms with Gasteiger partial charge in [-0.25, -0.2) is 4.98 Å². The molecule has 140 valence electrons. The van der Waals surface area contributed by atoms with Gasteiger partial charge in [0.15, 0.2) is 0 Å². The number of hydrogen-bond acceptors (Lipinski definition) is 5. The first-order chi connectivity index (χ1) is 13.0. The lowest BCUT2D eigenvalue weighted by atomic mass is 10.2. The van der Waals surface area contributed by atoms with E-state index in [1.54, 1.807) is 37.4 Å². The maximum absolute atomic E-state index is 12.3. The first kappa shape index (κ1) is 18.4. The van der Waals surface area contributed by atoms with Gasteiger partial charge in [0.1, 0.15) is 11.6 Å². The molecule has 0 unspecified atom stereocenters. The molecule has 8 nitrogen and oxygen atoms in total. The summed E-state index contributed by atoms with van der Waals surface area (Å²) in [7, 11) is 1.64. The van der Waals surface area contributed by atoms with Gasteiger partial charge < -0.3 is 15.1 Å². The van der Waals surface area contributed by atoms with Crippen LogP contribution >= 0.6 is 0 Å². The molecule has 0 fully saturated rings. The minimum Gasteiger partial charge on any atom is -0.467 e. The molecule has 8 heteroatoms. The minimum atomic E-state index is -0.309. The molecule has 2 amide bonds. The summed E-state index contributed by atoms with van der Waals surface area (Å²) in [5.41, 5.74) is 0.460. The van der Waals surface area contributed by atoms with Crippen LogP contribution in [0.4, 0.5) is 0 Å². The second-order valence-corrected chi connectivity index (χ2v) is 6.04. The van der Waals surface area contributed by atoms with E-state index in [9.17, 15) is 14.4 Å². The molecule has 2 aromatic heterocycles. The van der Waals surface area contributed by atoms with Gasteiger partial charge in [-0.15, -0.1) is 0 Å². The Morgan fingerprint density at radius 3 is 2.70 bits per heavy atom. The third kappa shape index (κ3) is 4.60. The van der Waals surface area contributed by atoms with Crippen LogP contribution in [0.15, 0.2) is 51.9 Å². The lowest BCUT2D eigenvalue weighted by Gasteiger charge is -2.09. The van der Waals surface area contributed by atoms with Gasteiger partial charge in [0.05, 0.1) is 30.3 Å². The molecule has 0 aliphatic rings. The molecule has 27 heavy (non-hydrogen) atoms. The molecule has 0 aliphatic heterocycles. The van der Waals surface area contributed by atoms with E-state index in [1.165, 1.54) is 10.8 Å². The molecule has 0 atom stereocenters. The van der Waals surface area contributed by atoms with E-state index in [1.807, 2.05) is 6.07 Å². The number of hydrogen-bond donors (Lipinski definition) is 2. The lowest BCUT2D eigenvalue weighted by Crippen LogP contribution is -2.36. The Labute approximate surface area is 155 Å². The fraction of sp³-hybridized carbons (Fsp3) is 0.263. The molecule has 0 radical (unpaired) electrons. The molecule has 0 aliphatic carbocycles. The van der Waals surface area contributed by atoms with Crippen molar-refractivity contribution in [2.24, 2.45) is 7.05 Å². The molecular weight excluding hydrogens is 348 g/mol. The second-order valence-electron chi connectivity index (χ2n) is 6.04. The van der Waals surface area contributed by atoms with E-state index in [2.05, 4.69) is 15.6 Å². The van der Waals surface area contributed by atoms with Crippen molar-refractivity contribution in [3.05, 3.63) is 64.6 Å². The van der Waals surface area contributed by atoms with Crippen molar-refractivity contribution in [1.29, 1.82) is 0 Å². The van der Waals surface area contributed by atoms with Gasteiger partial charge in [-0.1, -0.05) is 12.1 Å². The monoisotopic (exact) mass is 368 g/mol. The quantitative estimate of drug-likeness (QED) is 0.644. The van der Waals surface area contributed by atoms with Crippen molar-refractivity contribution in [1.82, 2.24) is 20.2 Å². The Bertz CT molecular complexity index is 1010. The van der Waals surface area contributed by atoms with Crippen LogP contribution in [-0.2, 0) is 29.6 Å². The lowest BCUT2D eigenvalue weighted by molar-refractivity contribution is -0.126. The Morgan fingerprint density at radius 1 is 1.11 bits per heavy atom. The standard InChI is InChI=1S/C19H20N4O4/c1-23-16(22-15-7-3-2-6-14(15)19(23)26)8-9-17(24)21-12-18(25)20-11-13-5-4-10-27-13/h2-7,10H,8-9,11-12H2,1H3,(H,20,25)(H,21,24). The zero-order valence-corrected chi connectivity index (χ0v) is 14.9. The SMILES string of the molecule is Cn1c(CCC(=O)NCC(=O)NCc2ccco2)nc2ccccc2c1=O. The highest BCUT2D eigenvalue weighted by molar-refractivity contribution is 5.84. The average molecular weight is 368 g/mol. The van der Waals surface area contributed by atoms with Crippen LogP contribution in [0.5, 0.6) is 0 Å². The zero-order chi connectivity index (χ0) is 19.2. The molecule has 1 aromatic carbocycles. The van der Waals surface area contributed by atoms with Crippen LogP contribution in [0, 0.1) is 0 Å². The average Bonchev–Trinajstić information content (AvgIpc) is 3.20.